The van der Waals surface area contributed by atoms with Crippen LogP contribution in [0.3, 0.4) is 0 Å². The fraction of sp³-hybridized carbons (Fsp3) is 0.0667. The van der Waals surface area contributed by atoms with Crippen molar-refractivity contribution in [2.45, 2.75) is 0 Å². The number of aromatic nitrogens is 1. The first-order valence-electron chi connectivity index (χ1n) is 5.64. The maximum atomic E-state index is 11.5. The van der Waals surface area contributed by atoms with Gasteiger partial charge in [0.25, 0.3) is 0 Å². The third-order valence-electron chi connectivity index (χ3n) is 3.06. The van der Waals surface area contributed by atoms with E-state index in [9.17, 15) is 4.79 Å². The number of pyridine rings is 1. The maximum absolute atomic E-state index is 11.5. The summed E-state index contributed by atoms with van der Waals surface area (Å²) in [6.07, 6.45) is 3.61. The second-order valence-corrected chi connectivity index (χ2v) is 4.09. The largest absolute Gasteiger partial charge is 0.465 e. The summed E-state index contributed by atoms with van der Waals surface area (Å²) in [4.78, 5) is 15.6. The molecule has 3 heteroatoms. The van der Waals surface area contributed by atoms with Crippen LogP contribution in [0.5, 0.6) is 0 Å². The molecule has 0 bridgehead atoms. The van der Waals surface area contributed by atoms with E-state index in [1.54, 1.807) is 12.3 Å². The number of hydrogen-bond acceptors (Lipinski definition) is 3. The Balaban J connectivity index is 2.31. The Morgan fingerprint density at radius 2 is 1.83 bits per heavy atom. The average Bonchev–Trinajstić information content (AvgIpc) is 2.45. The summed E-state index contributed by atoms with van der Waals surface area (Å²) in [5.74, 6) is -0.313. The lowest BCUT2D eigenvalue weighted by atomic mass is 10.0. The van der Waals surface area contributed by atoms with Crippen molar-refractivity contribution >= 4 is 27.5 Å². The molecule has 0 unspecified atom stereocenters. The molecule has 0 amide bonds. The molecule has 1 heterocycles. The summed E-state index contributed by atoms with van der Waals surface area (Å²) < 4.78 is 4.72. The van der Waals surface area contributed by atoms with Crippen molar-refractivity contribution in [3.05, 3.63) is 54.4 Å². The lowest BCUT2D eigenvalue weighted by Gasteiger charge is -2.05. The highest BCUT2D eigenvalue weighted by Crippen LogP contribution is 2.25. The molecule has 0 atom stereocenters. The van der Waals surface area contributed by atoms with E-state index in [1.165, 1.54) is 7.11 Å². The second-order valence-electron chi connectivity index (χ2n) is 4.09. The van der Waals surface area contributed by atoms with Gasteiger partial charge in [-0.3, -0.25) is 4.98 Å². The maximum Gasteiger partial charge on any atom is 0.337 e. The van der Waals surface area contributed by atoms with Gasteiger partial charge in [0.15, 0.2) is 0 Å². The highest BCUT2D eigenvalue weighted by molar-refractivity contribution is 6.08. The van der Waals surface area contributed by atoms with Gasteiger partial charge in [-0.05, 0) is 34.4 Å². The highest BCUT2D eigenvalue weighted by Gasteiger charge is 2.07. The second kappa shape index (κ2) is 4.11. The van der Waals surface area contributed by atoms with Gasteiger partial charge in [-0.1, -0.05) is 18.2 Å². The average molecular weight is 237 g/mol. The zero-order valence-electron chi connectivity index (χ0n) is 9.88. The molecule has 0 saturated carbocycles. The van der Waals surface area contributed by atoms with Crippen LogP contribution in [0, 0.1) is 0 Å². The molecule has 0 spiro atoms. The summed E-state index contributed by atoms with van der Waals surface area (Å²) >= 11 is 0. The molecule has 0 N–H and O–H groups in total. The molecule has 0 radical (unpaired) electrons. The number of hydrogen-bond donors (Lipinski definition) is 0. The molecule has 1 aromatic heterocycles. The van der Waals surface area contributed by atoms with Gasteiger partial charge < -0.3 is 4.74 Å². The molecular formula is C15H11NO2. The molecular weight excluding hydrogens is 226 g/mol. The molecule has 0 aliphatic rings. The number of fused-ring (bicyclic) bond motifs is 3. The zero-order valence-corrected chi connectivity index (χ0v) is 9.88. The topological polar surface area (TPSA) is 39.2 Å². The predicted molar refractivity (Wildman–Crippen MR) is 70.6 cm³/mol. The Labute approximate surface area is 104 Å². The van der Waals surface area contributed by atoms with Crippen LogP contribution < -0.4 is 0 Å². The van der Waals surface area contributed by atoms with Gasteiger partial charge in [0.1, 0.15) is 0 Å². The van der Waals surface area contributed by atoms with Crippen LogP contribution in [0.2, 0.25) is 0 Å². The van der Waals surface area contributed by atoms with Gasteiger partial charge in [0, 0.05) is 17.8 Å². The number of benzene rings is 2. The lowest BCUT2D eigenvalue weighted by Crippen LogP contribution is -2.00. The van der Waals surface area contributed by atoms with Crippen molar-refractivity contribution in [1.82, 2.24) is 4.98 Å². The van der Waals surface area contributed by atoms with Gasteiger partial charge >= 0.3 is 5.97 Å². The van der Waals surface area contributed by atoms with Gasteiger partial charge in [-0.25, -0.2) is 4.79 Å². The van der Waals surface area contributed by atoms with Crippen LogP contribution >= 0.6 is 0 Å². The van der Waals surface area contributed by atoms with Crippen LogP contribution in [-0.2, 0) is 4.74 Å². The molecule has 88 valence electrons. The predicted octanol–water partition coefficient (Wildman–Crippen LogP) is 3.17. The Bertz CT molecular complexity index is 750. The quantitative estimate of drug-likeness (QED) is 0.482. The van der Waals surface area contributed by atoms with E-state index in [-0.39, 0.29) is 5.97 Å². The Morgan fingerprint density at radius 1 is 1.06 bits per heavy atom. The van der Waals surface area contributed by atoms with Gasteiger partial charge in [0.2, 0.25) is 0 Å². The highest BCUT2D eigenvalue weighted by atomic mass is 16.5. The van der Waals surface area contributed by atoms with Gasteiger partial charge in [-0.15, -0.1) is 0 Å². The molecule has 18 heavy (non-hydrogen) atoms. The summed E-state index contributed by atoms with van der Waals surface area (Å²) in [6, 6.07) is 11.6. The van der Waals surface area contributed by atoms with Crippen molar-refractivity contribution in [3.8, 4) is 0 Å². The standard InChI is InChI=1S/C15H11NO2/c1-18-15(17)11-4-5-13-10(8-11)2-3-12-9-16-7-6-14(12)13/h2-9H,1H3. The third kappa shape index (κ3) is 1.61. The van der Waals surface area contributed by atoms with Gasteiger partial charge in [0.05, 0.1) is 12.7 Å². The molecule has 0 aliphatic heterocycles. The van der Waals surface area contributed by atoms with E-state index in [1.807, 2.05) is 36.5 Å². The first-order valence-corrected chi connectivity index (χ1v) is 5.64. The summed E-state index contributed by atoms with van der Waals surface area (Å²) in [5, 5.41) is 4.37. The number of methoxy groups -OCH3 is 1. The normalized spacial score (nSPS) is 10.7. The minimum atomic E-state index is -0.313. The van der Waals surface area contributed by atoms with Gasteiger partial charge in [-0.2, -0.15) is 0 Å². The van der Waals surface area contributed by atoms with Crippen LogP contribution in [0.15, 0.2) is 48.8 Å². The van der Waals surface area contributed by atoms with E-state index in [0.29, 0.717) is 5.56 Å². The molecule has 3 nitrogen and oxygen atoms in total. The van der Waals surface area contributed by atoms with Crippen molar-refractivity contribution in [3.63, 3.8) is 0 Å². The van der Waals surface area contributed by atoms with E-state index in [0.717, 1.165) is 21.5 Å². The fourth-order valence-electron chi connectivity index (χ4n) is 2.16. The third-order valence-corrected chi connectivity index (χ3v) is 3.06. The first-order chi connectivity index (χ1) is 8.79. The molecule has 0 fully saturated rings. The minimum Gasteiger partial charge on any atom is -0.465 e. The number of esters is 1. The Morgan fingerprint density at radius 3 is 2.67 bits per heavy atom. The SMILES string of the molecule is COC(=O)c1ccc2c(ccc3cnccc32)c1. The summed E-state index contributed by atoms with van der Waals surface area (Å²) in [7, 11) is 1.39. The molecule has 3 rings (SSSR count). The first kappa shape index (κ1) is 10.7. The van der Waals surface area contributed by atoms with Crippen molar-refractivity contribution in [2.75, 3.05) is 7.11 Å². The van der Waals surface area contributed by atoms with Crippen molar-refractivity contribution < 1.29 is 9.53 Å². The van der Waals surface area contributed by atoms with Crippen LogP contribution in [0.25, 0.3) is 21.5 Å². The van der Waals surface area contributed by atoms with Crippen molar-refractivity contribution in [2.24, 2.45) is 0 Å². The summed E-state index contributed by atoms with van der Waals surface area (Å²) in [6.45, 7) is 0. The van der Waals surface area contributed by atoms with Crippen LogP contribution in [-0.4, -0.2) is 18.1 Å². The Hall–Kier alpha value is -2.42. The number of carbonyl (C=O) groups is 1. The summed E-state index contributed by atoms with van der Waals surface area (Å²) in [5.41, 5.74) is 0.568. The number of ether oxygens (including phenoxy) is 1. The number of rotatable bonds is 1. The van der Waals surface area contributed by atoms with E-state index < -0.39 is 0 Å². The smallest absolute Gasteiger partial charge is 0.337 e. The van der Waals surface area contributed by atoms with E-state index in [4.69, 9.17) is 4.74 Å². The zero-order chi connectivity index (χ0) is 12.5. The molecule has 2 aromatic carbocycles. The van der Waals surface area contributed by atoms with E-state index in [2.05, 4.69) is 4.98 Å². The molecule has 0 saturated heterocycles. The van der Waals surface area contributed by atoms with Crippen LogP contribution in [0.4, 0.5) is 0 Å². The fourth-order valence-corrected chi connectivity index (χ4v) is 2.16. The number of nitrogens with zero attached hydrogens (tertiary/aromatic N) is 1. The minimum absolute atomic E-state index is 0.313. The molecule has 0 aliphatic carbocycles. The lowest BCUT2D eigenvalue weighted by molar-refractivity contribution is 0.0601. The van der Waals surface area contributed by atoms with Crippen LogP contribution in [0.1, 0.15) is 10.4 Å². The Kier molecular flexibility index (Phi) is 2.45. The van der Waals surface area contributed by atoms with Crippen molar-refractivity contribution in [1.29, 1.82) is 0 Å². The molecule has 3 aromatic rings. The van der Waals surface area contributed by atoms with E-state index >= 15 is 0 Å². The monoisotopic (exact) mass is 237 g/mol. The number of carbonyl (C=O) groups excluding carboxylic acids is 1.